The summed E-state index contributed by atoms with van der Waals surface area (Å²) in [6, 6.07) is 11.4. The molecule has 0 fully saturated rings. The van der Waals surface area contributed by atoms with Gasteiger partial charge in [0.05, 0.1) is 0 Å². The summed E-state index contributed by atoms with van der Waals surface area (Å²) < 4.78 is 3.77. The topological polar surface area (TPSA) is 77.1 Å². The minimum atomic E-state index is -0.186. The van der Waals surface area contributed by atoms with Gasteiger partial charge in [0.15, 0.2) is 5.65 Å². The lowest BCUT2D eigenvalue weighted by Gasteiger charge is -2.09. The number of hydrogen-bond acceptors (Lipinski definition) is 4. The lowest BCUT2D eigenvalue weighted by atomic mass is 10.1. The van der Waals surface area contributed by atoms with Crippen molar-refractivity contribution in [3.63, 3.8) is 0 Å². The Hall–Kier alpha value is -3.22. The maximum atomic E-state index is 12.5. The Morgan fingerprint density at radius 1 is 1.15 bits per heavy atom. The van der Waals surface area contributed by atoms with Crippen LogP contribution in [0.1, 0.15) is 30.6 Å². The molecule has 1 N–H and O–H groups in total. The van der Waals surface area contributed by atoms with Crippen LogP contribution in [0.25, 0.3) is 16.6 Å². The molecule has 132 valence electrons. The fraction of sp³-hybridized carbons (Fsp3) is 0.263. The quantitative estimate of drug-likeness (QED) is 0.600. The zero-order valence-corrected chi connectivity index (χ0v) is 14.8. The lowest BCUT2D eigenvalue weighted by Crippen LogP contribution is -2.12. The van der Waals surface area contributed by atoms with Gasteiger partial charge < -0.3 is 9.88 Å². The van der Waals surface area contributed by atoms with Gasteiger partial charge in [-0.05, 0) is 59.2 Å². The van der Waals surface area contributed by atoms with Gasteiger partial charge in [0.25, 0.3) is 5.91 Å². The zero-order valence-electron chi connectivity index (χ0n) is 14.8. The van der Waals surface area contributed by atoms with Gasteiger partial charge in [-0.2, -0.15) is 0 Å². The molecule has 4 rings (SSSR count). The number of anilines is 1. The zero-order chi connectivity index (χ0) is 18.1. The van der Waals surface area contributed by atoms with E-state index >= 15 is 0 Å². The lowest BCUT2D eigenvalue weighted by molar-refractivity contribution is 0.102. The molecular formula is C19H20N6O. The number of tetrazole rings is 1. The molecule has 1 aromatic carbocycles. The smallest absolute Gasteiger partial charge is 0.255 e. The molecule has 0 atom stereocenters. The number of hydrogen-bond donors (Lipinski definition) is 1. The van der Waals surface area contributed by atoms with Crippen molar-refractivity contribution in [1.82, 2.24) is 24.6 Å². The Labute approximate surface area is 150 Å². The summed E-state index contributed by atoms with van der Waals surface area (Å²) in [6.07, 6.45) is 4.91. The van der Waals surface area contributed by atoms with Crippen LogP contribution in [-0.2, 0) is 6.54 Å². The second-order valence-corrected chi connectivity index (χ2v) is 6.82. The number of nitrogens with zero attached hydrogens (tertiary/aromatic N) is 5. The maximum Gasteiger partial charge on any atom is 0.255 e. The van der Waals surface area contributed by atoms with Gasteiger partial charge in [0.1, 0.15) is 0 Å². The number of carbonyl (C=O) groups excluding carboxylic acids is 1. The molecule has 0 aliphatic heterocycles. The third-order valence-corrected chi connectivity index (χ3v) is 4.44. The van der Waals surface area contributed by atoms with Crippen molar-refractivity contribution in [2.45, 2.75) is 26.8 Å². The van der Waals surface area contributed by atoms with Crippen molar-refractivity contribution in [3.8, 4) is 0 Å². The number of benzene rings is 1. The second-order valence-electron chi connectivity index (χ2n) is 6.82. The van der Waals surface area contributed by atoms with E-state index in [4.69, 9.17) is 0 Å². The Bertz CT molecular complexity index is 1080. The first kappa shape index (κ1) is 16.3. The summed E-state index contributed by atoms with van der Waals surface area (Å²) in [5, 5.41) is 15.3. The Morgan fingerprint density at radius 3 is 2.88 bits per heavy atom. The summed E-state index contributed by atoms with van der Waals surface area (Å²) in [6.45, 7) is 5.46. The largest absolute Gasteiger partial charge is 0.347 e. The van der Waals surface area contributed by atoms with Crippen LogP contribution in [0.3, 0.4) is 0 Å². The van der Waals surface area contributed by atoms with E-state index in [-0.39, 0.29) is 5.91 Å². The molecule has 7 heteroatoms. The van der Waals surface area contributed by atoms with Gasteiger partial charge in [-0.15, -0.1) is 5.10 Å². The van der Waals surface area contributed by atoms with Crippen molar-refractivity contribution in [2.75, 3.05) is 5.32 Å². The summed E-state index contributed by atoms with van der Waals surface area (Å²) >= 11 is 0. The summed E-state index contributed by atoms with van der Waals surface area (Å²) in [5.41, 5.74) is 3.00. The van der Waals surface area contributed by atoms with Gasteiger partial charge in [0, 0.05) is 41.1 Å². The Balaban J connectivity index is 1.54. The average molecular weight is 348 g/mol. The third kappa shape index (κ3) is 3.15. The summed E-state index contributed by atoms with van der Waals surface area (Å²) in [4.78, 5) is 12.5. The molecule has 1 amide bonds. The summed E-state index contributed by atoms with van der Waals surface area (Å²) in [5.74, 6) is 0.484. The van der Waals surface area contributed by atoms with Crippen LogP contribution in [0, 0.1) is 5.92 Å². The van der Waals surface area contributed by atoms with E-state index in [0.29, 0.717) is 17.1 Å². The number of pyridine rings is 1. The highest BCUT2D eigenvalue weighted by atomic mass is 16.1. The first-order chi connectivity index (χ1) is 12.6. The minimum absolute atomic E-state index is 0.186. The Kier molecular flexibility index (Phi) is 4.12. The van der Waals surface area contributed by atoms with Crippen molar-refractivity contribution >= 4 is 28.1 Å². The number of fused-ring (bicyclic) bond motifs is 2. The number of amides is 1. The molecule has 3 heterocycles. The monoisotopic (exact) mass is 348 g/mol. The molecule has 7 nitrogen and oxygen atoms in total. The second kappa shape index (κ2) is 6.59. The van der Waals surface area contributed by atoms with Crippen LogP contribution in [0.2, 0.25) is 0 Å². The fourth-order valence-electron chi connectivity index (χ4n) is 2.95. The molecule has 0 bridgehead atoms. The standard InChI is InChI=1S/C19H20N6O/c1-13(2)5-8-24-9-6-14-11-16(3-4-17(14)24)20-19(26)15-7-10-25-18(12-15)21-22-23-25/h3-4,6-7,9-13H,5,8H2,1-2H3,(H,20,26). The molecule has 0 unspecified atom stereocenters. The van der Waals surface area contributed by atoms with Crippen molar-refractivity contribution in [1.29, 1.82) is 0 Å². The van der Waals surface area contributed by atoms with Gasteiger partial charge >= 0.3 is 0 Å². The van der Waals surface area contributed by atoms with E-state index in [2.05, 4.69) is 57.6 Å². The van der Waals surface area contributed by atoms with Gasteiger partial charge in [-0.3, -0.25) is 4.79 Å². The van der Waals surface area contributed by atoms with Gasteiger partial charge in [-0.25, -0.2) is 4.52 Å². The number of carbonyl (C=O) groups is 1. The van der Waals surface area contributed by atoms with E-state index in [1.165, 1.54) is 10.0 Å². The fourth-order valence-corrected chi connectivity index (χ4v) is 2.95. The predicted octanol–water partition coefficient (Wildman–Crippen LogP) is 3.38. The molecule has 0 radical (unpaired) electrons. The molecule has 0 saturated heterocycles. The highest BCUT2D eigenvalue weighted by Crippen LogP contribution is 2.22. The van der Waals surface area contributed by atoms with Crippen molar-refractivity contribution < 1.29 is 4.79 Å². The van der Waals surface area contributed by atoms with Crippen molar-refractivity contribution in [3.05, 3.63) is 54.4 Å². The molecule has 0 aliphatic rings. The van der Waals surface area contributed by atoms with Gasteiger partial charge in [0.2, 0.25) is 0 Å². The van der Waals surface area contributed by atoms with Crippen LogP contribution in [0.5, 0.6) is 0 Å². The molecule has 0 spiro atoms. The predicted molar refractivity (Wildman–Crippen MR) is 100 cm³/mol. The van der Waals surface area contributed by atoms with E-state index in [1.807, 2.05) is 12.1 Å². The van der Waals surface area contributed by atoms with Crippen LogP contribution in [0.4, 0.5) is 5.69 Å². The first-order valence-electron chi connectivity index (χ1n) is 8.68. The average Bonchev–Trinajstić information content (AvgIpc) is 3.25. The van der Waals surface area contributed by atoms with Gasteiger partial charge in [-0.1, -0.05) is 13.8 Å². The highest BCUT2D eigenvalue weighted by Gasteiger charge is 2.10. The maximum absolute atomic E-state index is 12.5. The number of aryl methyl sites for hydroxylation is 1. The van der Waals surface area contributed by atoms with E-state index in [9.17, 15) is 4.79 Å². The SMILES string of the molecule is CC(C)CCn1ccc2cc(NC(=O)c3ccn4nnnc4c3)ccc21. The number of nitrogens with one attached hydrogen (secondary N) is 1. The van der Waals surface area contributed by atoms with Crippen LogP contribution in [0.15, 0.2) is 48.8 Å². The van der Waals surface area contributed by atoms with E-state index in [0.717, 1.165) is 24.0 Å². The molecule has 26 heavy (non-hydrogen) atoms. The van der Waals surface area contributed by atoms with E-state index in [1.54, 1.807) is 18.3 Å². The molecule has 3 aromatic heterocycles. The van der Waals surface area contributed by atoms with Crippen LogP contribution in [-0.4, -0.2) is 30.5 Å². The number of aromatic nitrogens is 5. The third-order valence-electron chi connectivity index (χ3n) is 4.44. The first-order valence-corrected chi connectivity index (χ1v) is 8.68. The van der Waals surface area contributed by atoms with Crippen molar-refractivity contribution in [2.24, 2.45) is 5.92 Å². The molecule has 0 saturated carbocycles. The van der Waals surface area contributed by atoms with Crippen LogP contribution >= 0.6 is 0 Å². The summed E-state index contributed by atoms with van der Waals surface area (Å²) in [7, 11) is 0. The minimum Gasteiger partial charge on any atom is -0.347 e. The molecular weight excluding hydrogens is 328 g/mol. The number of rotatable bonds is 5. The molecule has 0 aliphatic carbocycles. The van der Waals surface area contributed by atoms with Crippen LogP contribution < -0.4 is 5.32 Å². The normalized spacial score (nSPS) is 11.5. The Morgan fingerprint density at radius 2 is 2.04 bits per heavy atom. The highest BCUT2D eigenvalue weighted by molar-refractivity contribution is 6.05. The molecule has 4 aromatic rings. The van der Waals surface area contributed by atoms with E-state index < -0.39 is 0 Å².